The van der Waals surface area contributed by atoms with Gasteiger partial charge >= 0.3 is 0 Å². The van der Waals surface area contributed by atoms with Crippen LogP contribution in [-0.2, 0) is 13.1 Å². The van der Waals surface area contributed by atoms with E-state index in [0.29, 0.717) is 24.6 Å². The van der Waals surface area contributed by atoms with Gasteiger partial charge in [0.25, 0.3) is 0 Å². The van der Waals surface area contributed by atoms with Gasteiger partial charge in [-0.3, -0.25) is 4.99 Å². The highest BCUT2D eigenvalue weighted by Crippen LogP contribution is 2.08. The molecule has 0 spiro atoms. The predicted octanol–water partition coefficient (Wildman–Crippen LogP) is 3.76. The number of rotatable bonds is 4. The van der Waals surface area contributed by atoms with E-state index in [0.717, 1.165) is 11.1 Å². The van der Waals surface area contributed by atoms with Crippen LogP contribution in [0.1, 0.15) is 16.7 Å². The Morgan fingerprint density at radius 2 is 1.65 bits per heavy atom. The number of hydrogen-bond donors (Lipinski definition) is 2. The number of nitrogens with one attached hydrogen (secondary N) is 2. The molecule has 2 rings (SSSR count). The summed E-state index contributed by atoms with van der Waals surface area (Å²) in [6.07, 6.45) is 0. The second-order valence-electron chi connectivity index (χ2n) is 4.99. The summed E-state index contributed by atoms with van der Waals surface area (Å²) in [6, 6.07) is 11.5. The molecule has 2 aromatic rings. The molecule has 0 amide bonds. The van der Waals surface area contributed by atoms with Crippen LogP contribution < -0.4 is 10.6 Å². The molecule has 0 aliphatic rings. The molecule has 0 aliphatic heterocycles. The highest BCUT2D eigenvalue weighted by Gasteiger charge is 2.02. The van der Waals surface area contributed by atoms with Gasteiger partial charge in [-0.2, -0.15) is 0 Å². The first-order valence-electron chi connectivity index (χ1n) is 7.02. The number of guanidine groups is 1. The average Bonchev–Trinajstić information content (AvgIpc) is 2.51. The number of benzene rings is 2. The van der Waals surface area contributed by atoms with Gasteiger partial charge in [-0.1, -0.05) is 24.3 Å². The summed E-state index contributed by atoms with van der Waals surface area (Å²) in [7, 11) is 1.65. The molecular formula is C17H20F2IN3. The van der Waals surface area contributed by atoms with Crippen LogP contribution in [0.2, 0.25) is 0 Å². The van der Waals surface area contributed by atoms with Crippen molar-refractivity contribution in [2.45, 2.75) is 20.0 Å². The van der Waals surface area contributed by atoms with E-state index in [1.165, 1.54) is 18.2 Å². The van der Waals surface area contributed by atoms with E-state index in [9.17, 15) is 8.78 Å². The number of aliphatic imine (C=N–C) groups is 1. The van der Waals surface area contributed by atoms with Crippen molar-refractivity contribution in [1.29, 1.82) is 0 Å². The van der Waals surface area contributed by atoms with Crippen molar-refractivity contribution in [2.24, 2.45) is 4.99 Å². The van der Waals surface area contributed by atoms with E-state index in [1.54, 1.807) is 26.1 Å². The van der Waals surface area contributed by atoms with Gasteiger partial charge in [0, 0.05) is 20.1 Å². The number of nitrogens with zero attached hydrogens (tertiary/aromatic N) is 1. The van der Waals surface area contributed by atoms with Crippen molar-refractivity contribution >= 4 is 29.9 Å². The fourth-order valence-corrected chi connectivity index (χ4v) is 1.99. The van der Waals surface area contributed by atoms with E-state index in [2.05, 4.69) is 15.6 Å². The first kappa shape index (κ1) is 19.3. The topological polar surface area (TPSA) is 36.4 Å². The Bertz CT molecular complexity index is 675. The van der Waals surface area contributed by atoms with Gasteiger partial charge in [-0.15, -0.1) is 24.0 Å². The molecule has 0 radical (unpaired) electrons. The van der Waals surface area contributed by atoms with E-state index < -0.39 is 0 Å². The molecule has 0 aromatic heterocycles. The highest BCUT2D eigenvalue weighted by atomic mass is 127. The van der Waals surface area contributed by atoms with Gasteiger partial charge in [0.2, 0.25) is 0 Å². The number of aryl methyl sites for hydroxylation is 1. The fraction of sp³-hybridized carbons (Fsp3) is 0.235. The summed E-state index contributed by atoms with van der Waals surface area (Å²) in [5, 5.41) is 6.18. The Morgan fingerprint density at radius 3 is 2.22 bits per heavy atom. The van der Waals surface area contributed by atoms with E-state index >= 15 is 0 Å². The zero-order valence-electron chi connectivity index (χ0n) is 13.1. The molecule has 0 bridgehead atoms. The molecule has 6 heteroatoms. The van der Waals surface area contributed by atoms with Crippen molar-refractivity contribution in [2.75, 3.05) is 7.05 Å². The first-order valence-corrected chi connectivity index (χ1v) is 7.02. The fourth-order valence-electron chi connectivity index (χ4n) is 1.99. The van der Waals surface area contributed by atoms with E-state index in [4.69, 9.17) is 0 Å². The Morgan fingerprint density at radius 1 is 1.00 bits per heavy atom. The van der Waals surface area contributed by atoms with Gasteiger partial charge in [0.15, 0.2) is 5.96 Å². The maximum atomic E-state index is 13.5. The lowest BCUT2D eigenvalue weighted by Gasteiger charge is -2.12. The van der Waals surface area contributed by atoms with Crippen molar-refractivity contribution < 1.29 is 8.78 Å². The minimum absolute atomic E-state index is 0. The Hall–Kier alpha value is -1.70. The summed E-state index contributed by atoms with van der Waals surface area (Å²) in [6.45, 7) is 2.64. The molecule has 0 aliphatic carbocycles. The third-order valence-corrected chi connectivity index (χ3v) is 3.27. The minimum atomic E-state index is -0.266. The normalized spacial score (nSPS) is 10.9. The SMILES string of the molecule is CN=C(NCc1cccc(F)c1)NCc1ccc(C)c(F)c1.I. The maximum Gasteiger partial charge on any atom is 0.191 e. The smallest absolute Gasteiger partial charge is 0.191 e. The summed E-state index contributed by atoms with van der Waals surface area (Å²) in [5.74, 6) is 0.0876. The zero-order valence-corrected chi connectivity index (χ0v) is 15.4. The van der Waals surface area contributed by atoms with Crippen LogP contribution in [-0.4, -0.2) is 13.0 Å². The van der Waals surface area contributed by atoms with E-state index in [-0.39, 0.29) is 35.6 Å². The molecular weight excluding hydrogens is 411 g/mol. The van der Waals surface area contributed by atoms with Gasteiger partial charge < -0.3 is 10.6 Å². The predicted molar refractivity (Wildman–Crippen MR) is 100.0 cm³/mol. The van der Waals surface area contributed by atoms with E-state index in [1.807, 2.05) is 12.1 Å². The zero-order chi connectivity index (χ0) is 15.9. The third-order valence-electron chi connectivity index (χ3n) is 3.27. The van der Waals surface area contributed by atoms with Crippen LogP contribution in [0.3, 0.4) is 0 Å². The van der Waals surface area contributed by atoms with Gasteiger partial charge in [-0.25, -0.2) is 8.78 Å². The number of hydrogen-bond acceptors (Lipinski definition) is 1. The van der Waals surface area contributed by atoms with Crippen molar-refractivity contribution in [3.8, 4) is 0 Å². The van der Waals surface area contributed by atoms with Crippen LogP contribution in [0, 0.1) is 18.6 Å². The Kier molecular flexibility index (Phi) is 7.94. The first-order chi connectivity index (χ1) is 10.6. The molecule has 23 heavy (non-hydrogen) atoms. The molecule has 2 aromatic carbocycles. The Labute approximate surface area is 152 Å². The third kappa shape index (κ3) is 6.13. The average molecular weight is 431 g/mol. The van der Waals surface area contributed by atoms with Crippen LogP contribution in [0.15, 0.2) is 47.5 Å². The summed E-state index contributed by atoms with van der Waals surface area (Å²) >= 11 is 0. The molecule has 124 valence electrons. The van der Waals surface area contributed by atoms with Crippen molar-refractivity contribution in [1.82, 2.24) is 10.6 Å². The molecule has 0 fully saturated rings. The monoisotopic (exact) mass is 431 g/mol. The van der Waals surface area contributed by atoms with Crippen LogP contribution in [0.5, 0.6) is 0 Å². The second-order valence-corrected chi connectivity index (χ2v) is 4.99. The van der Waals surface area contributed by atoms with Crippen LogP contribution >= 0.6 is 24.0 Å². The van der Waals surface area contributed by atoms with Gasteiger partial charge in [0.05, 0.1) is 0 Å². The van der Waals surface area contributed by atoms with Gasteiger partial charge in [0.1, 0.15) is 11.6 Å². The lowest BCUT2D eigenvalue weighted by molar-refractivity contribution is 0.615. The summed E-state index contributed by atoms with van der Waals surface area (Å²) < 4.78 is 26.6. The molecule has 0 atom stereocenters. The number of halogens is 3. The summed E-state index contributed by atoms with van der Waals surface area (Å²) in [4.78, 5) is 4.09. The summed E-state index contributed by atoms with van der Waals surface area (Å²) in [5.41, 5.74) is 2.28. The molecule has 0 saturated heterocycles. The molecule has 2 N–H and O–H groups in total. The van der Waals surface area contributed by atoms with Crippen molar-refractivity contribution in [3.63, 3.8) is 0 Å². The lowest BCUT2D eigenvalue weighted by atomic mass is 10.1. The minimum Gasteiger partial charge on any atom is -0.352 e. The Balaban J connectivity index is 0.00000264. The van der Waals surface area contributed by atoms with Crippen molar-refractivity contribution in [3.05, 3.63) is 70.8 Å². The van der Waals surface area contributed by atoms with Crippen LogP contribution in [0.4, 0.5) is 8.78 Å². The molecule has 0 saturated carbocycles. The van der Waals surface area contributed by atoms with Crippen LogP contribution in [0.25, 0.3) is 0 Å². The standard InChI is InChI=1S/C17H19F2N3.HI/c1-12-6-7-14(9-16(12)19)11-22-17(20-2)21-10-13-4-3-5-15(18)8-13;/h3-9H,10-11H2,1-2H3,(H2,20,21,22);1H. The molecule has 0 unspecified atom stereocenters. The molecule has 3 nitrogen and oxygen atoms in total. The molecule has 0 heterocycles. The largest absolute Gasteiger partial charge is 0.352 e. The highest BCUT2D eigenvalue weighted by molar-refractivity contribution is 14.0. The lowest BCUT2D eigenvalue weighted by Crippen LogP contribution is -2.36. The quantitative estimate of drug-likeness (QED) is 0.440. The second kappa shape index (κ2) is 9.44. The maximum absolute atomic E-state index is 13.5. The van der Waals surface area contributed by atoms with Gasteiger partial charge in [-0.05, 0) is 41.8 Å².